The van der Waals surface area contributed by atoms with Crippen LogP contribution < -0.4 is 15.0 Å². The van der Waals surface area contributed by atoms with E-state index >= 15 is 0 Å². The molecule has 1 aromatic heterocycles. The first-order valence-corrected chi connectivity index (χ1v) is 9.14. The fourth-order valence-corrected chi connectivity index (χ4v) is 3.11. The first-order chi connectivity index (χ1) is 13.7. The van der Waals surface area contributed by atoms with Gasteiger partial charge in [0.15, 0.2) is 5.82 Å². The molecule has 0 spiro atoms. The van der Waals surface area contributed by atoms with Crippen molar-refractivity contribution < 1.29 is 14.6 Å². The van der Waals surface area contributed by atoms with Crippen LogP contribution in [0.4, 0.5) is 17.3 Å². The monoisotopic (exact) mass is 378 g/mol. The van der Waals surface area contributed by atoms with Gasteiger partial charge in [-0.25, -0.2) is 9.97 Å². The van der Waals surface area contributed by atoms with E-state index in [1.165, 1.54) is 0 Å². The first-order valence-electron chi connectivity index (χ1n) is 9.14. The Labute approximate surface area is 163 Å². The zero-order chi connectivity index (χ0) is 19.3. The molecule has 144 valence electrons. The van der Waals surface area contributed by atoms with Gasteiger partial charge in [0, 0.05) is 24.7 Å². The molecular formula is C21H22N4O3. The standard InChI is InChI=1S/C21H22N4O3/c1-27-18-8-3-2-7-17(18)22-19-14-20(25-9-11-28-12-10-25)24-21(23-19)15-5-4-6-16(26)13-15/h2-8,13-14,26H,9-12H2,1H3,(H,22,23,24). The molecule has 0 saturated carbocycles. The topological polar surface area (TPSA) is 79.7 Å². The Morgan fingerprint density at radius 1 is 1.04 bits per heavy atom. The number of ether oxygens (including phenoxy) is 2. The van der Waals surface area contributed by atoms with Crippen LogP contribution in [0.5, 0.6) is 11.5 Å². The number of methoxy groups -OCH3 is 1. The molecule has 1 fully saturated rings. The van der Waals surface area contributed by atoms with Gasteiger partial charge in [-0.15, -0.1) is 0 Å². The van der Waals surface area contributed by atoms with Crippen molar-refractivity contribution >= 4 is 17.3 Å². The molecule has 0 atom stereocenters. The lowest BCUT2D eigenvalue weighted by Gasteiger charge is -2.28. The SMILES string of the molecule is COc1ccccc1Nc1cc(N2CCOCC2)nc(-c2cccc(O)c2)n1. The first kappa shape index (κ1) is 18.1. The summed E-state index contributed by atoms with van der Waals surface area (Å²) in [6.45, 7) is 2.87. The van der Waals surface area contributed by atoms with Crippen molar-refractivity contribution in [3.05, 3.63) is 54.6 Å². The minimum Gasteiger partial charge on any atom is -0.508 e. The Morgan fingerprint density at radius 3 is 2.64 bits per heavy atom. The molecule has 1 aliphatic rings. The molecule has 7 heteroatoms. The number of hydrogen-bond donors (Lipinski definition) is 2. The predicted octanol–water partition coefficient (Wildman–Crippen LogP) is 3.44. The zero-order valence-electron chi connectivity index (χ0n) is 15.6. The van der Waals surface area contributed by atoms with Crippen LogP contribution >= 0.6 is 0 Å². The zero-order valence-corrected chi connectivity index (χ0v) is 15.6. The second-order valence-electron chi connectivity index (χ2n) is 6.41. The van der Waals surface area contributed by atoms with Crippen molar-refractivity contribution in [3.63, 3.8) is 0 Å². The van der Waals surface area contributed by atoms with E-state index in [2.05, 4.69) is 15.2 Å². The number of nitrogens with zero attached hydrogens (tertiary/aromatic N) is 3. The number of morpholine rings is 1. The highest BCUT2D eigenvalue weighted by Crippen LogP contribution is 2.30. The molecule has 0 amide bonds. The molecule has 0 unspecified atom stereocenters. The van der Waals surface area contributed by atoms with Crippen LogP contribution in [0.2, 0.25) is 0 Å². The van der Waals surface area contributed by atoms with Crippen LogP contribution in [0, 0.1) is 0 Å². The molecule has 2 heterocycles. The van der Waals surface area contributed by atoms with Crippen LogP contribution in [0.1, 0.15) is 0 Å². The van der Waals surface area contributed by atoms with E-state index in [0.29, 0.717) is 24.9 Å². The van der Waals surface area contributed by atoms with Gasteiger partial charge in [0.1, 0.15) is 23.1 Å². The Hall–Kier alpha value is -3.32. The summed E-state index contributed by atoms with van der Waals surface area (Å²) in [5, 5.41) is 13.2. The summed E-state index contributed by atoms with van der Waals surface area (Å²) in [7, 11) is 1.64. The lowest BCUT2D eigenvalue weighted by molar-refractivity contribution is 0.122. The molecule has 4 rings (SSSR count). The summed E-state index contributed by atoms with van der Waals surface area (Å²) in [6, 6.07) is 16.5. The van der Waals surface area contributed by atoms with E-state index in [1.54, 1.807) is 25.3 Å². The van der Waals surface area contributed by atoms with E-state index in [-0.39, 0.29) is 5.75 Å². The molecule has 1 saturated heterocycles. The maximum Gasteiger partial charge on any atom is 0.164 e. The Kier molecular flexibility index (Phi) is 5.25. The Balaban J connectivity index is 1.75. The van der Waals surface area contributed by atoms with Crippen molar-refractivity contribution in [1.29, 1.82) is 0 Å². The van der Waals surface area contributed by atoms with E-state index < -0.39 is 0 Å². The van der Waals surface area contributed by atoms with Gasteiger partial charge in [-0.2, -0.15) is 0 Å². The van der Waals surface area contributed by atoms with Crippen LogP contribution in [-0.2, 0) is 4.74 Å². The van der Waals surface area contributed by atoms with Crippen LogP contribution in [0.25, 0.3) is 11.4 Å². The van der Waals surface area contributed by atoms with Gasteiger partial charge in [-0.1, -0.05) is 24.3 Å². The van der Waals surface area contributed by atoms with Gasteiger partial charge in [0.2, 0.25) is 0 Å². The van der Waals surface area contributed by atoms with E-state index in [9.17, 15) is 5.11 Å². The molecule has 2 N–H and O–H groups in total. The van der Waals surface area contributed by atoms with Gasteiger partial charge in [0.05, 0.1) is 26.0 Å². The molecular weight excluding hydrogens is 356 g/mol. The van der Waals surface area contributed by atoms with Crippen molar-refractivity contribution in [3.8, 4) is 22.9 Å². The summed E-state index contributed by atoms with van der Waals surface area (Å²) < 4.78 is 10.9. The molecule has 0 aliphatic carbocycles. The molecule has 7 nitrogen and oxygen atoms in total. The Morgan fingerprint density at radius 2 is 1.86 bits per heavy atom. The van der Waals surface area contributed by atoms with Gasteiger partial charge in [-0.05, 0) is 24.3 Å². The number of benzene rings is 2. The molecule has 1 aliphatic heterocycles. The summed E-state index contributed by atoms with van der Waals surface area (Å²) in [6.07, 6.45) is 0. The summed E-state index contributed by atoms with van der Waals surface area (Å²) in [5.41, 5.74) is 1.57. The van der Waals surface area contributed by atoms with E-state index in [4.69, 9.17) is 14.5 Å². The highest BCUT2D eigenvalue weighted by atomic mass is 16.5. The summed E-state index contributed by atoms with van der Waals surface area (Å²) in [4.78, 5) is 11.6. The average Bonchev–Trinajstić information content (AvgIpc) is 2.74. The van der Waals surface area contributed by atoms with Gasteiger partial charge in [0.25, 0.3) is 0 Å². The molecule has 3 aromatic rings. The highest BCUT2D eigenvalue weighted by molar-refractivity contribution is 5.69. The minimum absolute atomic E-state index is 0.178. The number of rotatable bonds is 5. The van der Waals surface area contributed by atoms with Crippen molar-refractivity contribution in [2.75, 3.05) is 43.6 Å². The second-order valence-corrected chi connectivity index (χ2v) is 6.41. The third kappa shape index (κ3) is 3.99. The quantitative estimate of drug-likeness (QED) is 0.704. The molecule has 2 aromatic carbocycles. The largest absolute Gasteiger partial charge is 0.508 e. The fraction of sp³-hybridized carbons (Fsp3) is 0.238. The predicted molar refractivity (Wildman–Crippen MR) is 108 cm³/mol. The van der Waals surface area contributed by atoms with Crippen LogP contribution in [0.15, 0.2) is 54.6 Å². The number of phenols is 1. The summed E-state index contributed by atoms with van der Waals surface area (Å²) in [5.74, 6) is 2.91. The minimum atomic E-state index is 0.178. The number of aromatic nitrogens is 2. The highest BCUT2D eigenvalue weighted by Gasteiger charge is 2.16. The van der Waals surface area contributed by atoms with Crippen LogP contribution in [-0.4, -0.2) is 48.5 Å². The van der Waals surface area contributed by atoms with Gasteiger partial charge >= 0.3 is 0 Å². The third-order valence-corrected chi connectivity index (χ3v) is 4.52. The summed E-state index contributed by atoms with van der Waals surface area (Å²) >= 11 is 0. The number of aromatic hydroxyl groups is 1. The third-order valence-electron chi connectivity index (χ3n) is 4.52. The lowest BCUT2D eigenvalue weighted by Crippen LogP contribution is -2.36. The van der Waals surface area contributed by atoms with Crippen molar-refractivity contribution in [2.24, 2.45) is 0 Å². The van der Waals surface area contributed by atoms with E-state index in [0.717, 1.165) is 35.9 Å². The smallest absolute Gasteiger partial charge is 0.164 e. The maximum atomic E-state index is 9.85. The molecule has 0 bridgehead atoms. The van der Waals surface area contributed by atoms with Gasteiger partial charge < -0.3 is 24.8 Å². The van der Waals surface area contributed by atoms with Crippen LogP contribution in [0.3, 0.4) is 0 Å². The second kappa shape index (κ2) is 8.14. The number of hydrogen-bond acceptors (Lipinski definition) is 7. The van der Waals surface area contributed by atoms with Gasteiger partial charge in [-0.3, -0.25) is 0 Å². The van der Waals surface area contributed by atoms with E-state index in [1.807, 2.05) is 36.4 Å². The van der Waals surface area contributed by atoms with Crippen molar-refractivity contribution in [2.45, 2.75) is 0 Å². The number of para-hydroxylation sites is 2. The maximum absolute atomic E-state index is 9.85. The number of anilines is 3. The number of phenolic OH excluding ortho intramolecular Hbond substituents is 1. The molecule has 0 radical (unpaired) electrons. The Bertz CT molecular complexity index is 958. The molecule has 28 heavy (non-hydrogen) atoms. The number of nitrogens with one attached hydrogen (secondary N) is 1. The average molecular weight is 378 g/mol. The fourth-order valence-electron chi connectivity index (χ4n) is 3.11. The normalized spacial score (nSPS) is 14.0. The lowest BCUT2D eigenvalue weighted by atomic mass is 10.2. The van der Waals surface area contributed by atoms with Crippen molar-refractivity contribution in [1.82, 2.24) is 9.97 Å².